The molecule has 0 bridgehead atoms. The molecule has 5 nitrogen and oxygen atoms in total. The molecule has 1 aliphatic heterocycles. The number of piperazine rings is 1. The molecule has 0 radical (unpaired) electrons. The quantitative estimate of drug-likeness (QED) is 0.680. The zero-order chi connectivity index (χ0) is 20.4. The van der Waals surface area contributed by atoms with Gasteiger partial charge in [-0.25, -0.2) is 4.68 Å². The molecule has 0 N–H and O–H groups in total. The predicted octanol–water partition coefficient (Wildman–Crippen LogP) is 3.93. The Hall–Kier alpha value is -2.92. The summed E-state index contributed by atoms with van der Waals surface area (Å²) in [7, 11) is 0. The van der Waals surface area contributed by atoms with E-state index in [9.17, 15) is 4.79 Å². The Balaban J connectivity index is 1.75. The fraction of sp³-hybridized carbons (Fsp3) is 0.333. The summed E-state index contributed by atoms with van der Waals surface area (Å²) in [6.45, 7) is 10.7. The number of carbonyl (C=O) groups excluding carboxylic acids is 1. The van der Waals surface area contributed by atoms with Gasteiger partial charge in [0.25, 0.3) is 5.91 Å². The first-order valence-corrected chi connectivity index (χ1v) is 10.3. The molecule has 0 spiro atoms. The van der Waals surface area contributed by atoms with Crippen LogP contribution in [0.25, 0.3) is 16.9 Å². The second-order valence-corrected chi connectivity index (χ2v) is 7.71. The van der Waals surface area contributed by atoms with Crippen molar-refractivity contribution in [2.24, 2.45) is 0 Å². The molecule has 0 unspecified atom stereocenters. The van der Waals surface area contributed by atoms with Gasteiger partial charge in [0.15, 0.2) is 0 Å². The van der Waals surface area contributed by atoms with Crippen LogP contribution >= 0.6 is 0 Å². The van der Waals surface area contributed by atoms with Crippen molar-refractivity contribution in [2.75, 3.05) is 32.7 Å². The molecule has 4 rings (SSSR count). The summed E-state index contributed by atoms with van der Waals surface area (Å²) in [6, 6.07) is 18.2. The zero-order valence-corrected chi connectivity index (χ0v) is 17.4. The molecule has 2 aromatic carbocycles. The van der Waals surface area contributed by atoms with Gasteiger partial charge < -0.3 is 9.80 Å². The van der Waals surface area contributed by atoms with E-state index in [-0.39, 0.29) is 5.91 Å². The van der Waals surface area contributed by atoms with Crippen molar-refractivity contribution < 1.29 is 4.79 Å². The topological polar surface area (TPSA) is 41.4 Å². The third kappa shape index (κ3) is 3.96. The van der Waals surface area contributed by atoms with Crippen LogP contribution in [0.5, 0.6) is 0 Å². The predicted molar refractivity (Wildman–Crippen MR) is 116 cm³/mol. The third-order valence-corrected chi connectivity index (χ3v) is 5.69. The van der Waals surface area contributed by atoms with E-state index in [1.807, 2.05) is 46.0 Å². The van der Waals surface area contributed by atoms with Crippen LogP contribution in [0.1, 0.15) is 28.5 Å². The van der Waals surface area contributed by atoms with Gasteiger partial charge in [-0.3, -0.25) is 4.79 Å². The van der Waals surface area contributed by atoms with Crippen LogP contribution in [0.15, 0.2) is 54.6 Å². The number of rotatable bonds is 4. The van der Waals surface area contributed by atoms with Gasteiger partial charge in [0, 0.05) is 31.7 Å². The van der Waals surface area contributed by atoms with Gasteiger partial charge in [0.1, 0.15) is 5.69 Å². The lowest BCUT2D eigenvalue weighted by molar-refractivity contribution is 0.0634. The number of nitrogens with zero attached hydrogens (tertiary/aromatic N) is 4. The second kappa shape index (κ2) is 8.21. The average molecular weight is 389 g/mol. The van der Waals surface area contributed by atoms with Crippen molar-refractivity contribution in [3.8, 4) is 16.9 Å². The normalized spacial score (nSPS) is 14.9. The van der Waals surface area contributed by atoms with E-state index < -0.39 is 0 Å². The number of amides is 1. The molecule has 1 aromatic heterocycles. The highest BCUT2D eigenvalue weighted by Crippen LogP contribution is 2.25. The summed E-state index contributed by atoms with van der Waals surface area (Å²) in [5, 5.41) is 4.85. The Morgan fingerprint density at radius 2 is 1.69 bits per heavy atom. The summed E-state index contributed by atoms with van der Waals surface area (Å²) in [4.78, 5) is 17.8. The maximum atomic E-state index is 13.5. The number of benzene rings is 2. The van der Waals surface area contributed by atoms with Crippen molar-refractivity contribution in [1.29, 1.82) is 0 Å². The maximum absolute atomic E-state index is 13.5. The van der Waals surface area contributed by atoms with E-state index in [1.165, 1.54) is 5.56 Å². The third-order valence-electron chi connectivity index (χ3n) is 5.69. The molecule has 1 saturated heterocycles. The summed E-state index contributed by atoms with van der Waals surface area (Å²) in [5.41, 5.74) is 5.72. The first-order chi connectivity index (χ1) is 14.1. The minimum Gasteiger partial charge on any atom is -0.335 e. The fourth-order valence-electron chi connectivity index (χ4n) is 3.94. The van der Waals surface area contributed by atoms with E-state index in [2.05, 4.69) is 43.9 Å². The van der Waals surface area contributed by atoms with E-state index >= 15 is 0 Å². The first kappa shape index (κ1) is 19.4. The number of likely N-dealkylation sites (N-methyl/N-ethyl adjacent to an activating group) is 1. The molecule has 2 heterocycles. The van der Waals surface area contributed by atoms with Crippen molar-refractivity contribution in [1.82, 2.24) is 19.6 Å². The highest BCUT2D eigenvalue weighted by atomic mass is 16.2. The molecule has 0 aliphatic carbocycles. The SMILES string of the molecule is CCN1CCN(C(=O)c2cc(-c3ccccc3)nn2-c2ccc(C)cc2C)CC1. The van der Waals surface area contributed by atoms with E-state index in [0.717, 1.165) is 55.2 Å². The van der Waals surface area contributed by atoms with Crippen LogP contribution in [0, 0.1) is 13.8 Å². The first-order valence-electron chi connectivity index (χ1n) is 10.3. The van der Waals surface area contributed by atoms with Gasteiger partial charge in [-0.1, -0.05) is 55.0 Å². The summed E-state index contributed by atoms with van der Waals surface area (Å²) < 4.78 is 1.83. The minimum atomic E-state index is 0.0513. The summed E-state index contributed by atoms with van der Waals surface area (Å²) in [6.07, 6.45) is 0. The summed E-state index contributed by atoms with van der Waals surface area (Å²) in [5.74, 6) is 0.0513. The molecule has 150 valence electrons. The number of carbonyl (C=O) groups is 1. The molecule has 0 saturated carbocycles. The van der Waals surface area contributed by atoms with E-state index in [4.69, 9.17) is 5.10 Å². The zero-order valence-electron chi connectivity index (χ0n) is 17.4. The molecule has 1 aliphatic rings. The minimum absolute atomic E-state index is 0.0513. The lowest BCUT2D eigenvalue weighted by Gasteiger charge is -2.34. The van der Waals surface area contributed by atoms with Gasteiger partial charge in [-0.05, 0) is 38.1 Å². The lowest BCUT2D eigenvalue weighted by atomic mass is 10.1. The lowest BCUT2D eigenvalue weighted by Crippen LogP contribution is -2.48. The largest absolute Gasteiger partial charge is 0.335 e. The molecule has 1 amide bonds. The molecule has 29 heavy (non-hydrogen) atoms. The Morgan fingerprint density at radius 3 is 2.34 bits per heavy atom. The molecule has 0 atom stereocenters. The second-order valence-electron chi connectivity index (χ2n) is 7.71. The Bertz CT molecular complexity index is 1000. The molecular weight excluding hydrogens is 360 g/mol. The summed E-state index contributed by atoms with van der Waals surface area (Å²) >= 11 is 0. The van der Waals surface area contributed by atoms with Gasteiger partial charge in [-0.15, -0.1) is 0 Å². The van der Waals surface area contributed by atoms with Crippen LogP contribution in [-0.2, 0) is 0 Å². The van der Waals surface area contributed by atoms with E-state index in [1.54, 1.807) is 0 Å². The van der Waals surface area contributed by atoms with Crippen LogP contribution in [0.2, 0.25) is 0 Å². The molecule has 5 heteroatoms. The Labute approximate surface area is 172 Å². The van der Waals surface area contributed by atoms with Crippen LogP contribution < -0.4 is 0 Å². The smallest absolute Gasteiger partial charge is 0.272 e. The van der Waals surface area contributed by atoms with Crippen LogP contribution in [-0.4, -0.2) is 58.2 Å². The number of hydrogen-bond acceptors (Lipinski definition) is 3. The maximum Gasteiger partial charge on any atom is 0.272 e. The monoisotopic (exact) mass is 388 g/mol. The number of aryl methyl sites for hydroxylation is 2. The Morgan fingerprint density at radius 1 is 0.966 bits per heavy atom. The number of aromatic nitrogens is 2. The highest BCUT2D eigenvalue weighted by molar-refractivity contribution is 5.94. The van der Waals surface area contributed by atoms with E-state index in [0.29, 0.717) is 5.69 Å². The highest BCUT2D eigenvalue weighted by Gasteiger charge is 2.26. The Kier molecular flexibility index (Phi) is 5.49. The van der Waals surface area contributed by atoms with Crippen molar-refractivity contribution >= 4 is 5.91 Å². The van der Waals surface area contributed by atoms with Gasteiger partial charge in [0.05, 0.1) is 11.4 Å². The molecular formula is C24H28N4O. The van der Waals surface area contributed by atoms with Crippen molar-refractivity contribution in [2.45, 2.75) is 20.8 Å². The molecule has 3 aromatic rings. The van der Waals surface area contributed by atoms with Gasteiger partial charge in [-0.2, -0.15) is 5.10 Å². The van der Waals surface area contributed by atoms with Crippen molar-refractivity contribution in [3.63, 3.8) is 0 Å². The fourth-order valence-corrected chi connectivity index (χ4v) is 3.94. The van der Waals surface area contributed by atoms with Gasteiger partial charge >= 0.3 is 0 Å². The van der Waals surface area contributed by atoms with Crippen molar-refractivity contribution in [3.05, 3.63) is 71.4 Å². The number of hydrogen-bond donors (Lipinski definition) is 0. The van der Waals surface area contributed by atoms with Crippen LogP contribution in [0.3, 0.4) is 0 Å². The van der Waals surface area contributed by atoms with Gasteiger partial charge in [0.2, 0.25) is 0 Å². The van der Waals surface area contributed by atoms with Crippen LogP contribution in [0.4, 0.5) is 0 Å². The standard InChI is InChI=1S/C24H28N4O/c1-4-26-12-14-27(15-13-26)24(29)23-17-21(20-8-6-5-7-9-20)25-28(23)22-11-10-18(2)16-19(22)3/h5-11,16-17H,4,12-15H2,1-3H3. The average Bonchev–Trinajstić information content (AvgIpc) is 3.19. The molecule has 1 fully saturated rings.